The van der Waals surface area contributed by atoms with Gasteiger partial charge in [0.15, 0.2) is 0 Å². The second-order valence-electron chi connectivity index (χ2n) is 5.79. The van der Waals surface area contributed by atoms with Crippen molar-refractivity contribution < 1.29 is 9.53 Å². The van der Waals surface area contributed by atoms with Gasteiger partial charge in [-0.25, -0.2) is 5.43 Å². The number of H-pyrrole nitrogens is 1. The minimum absolute atomic E-state index is 0.310. The number of rotatable bonds is 6. The first-order chi connectivity index (χ1) is 13.1. The van der Waals surface area contributed by atoms with Crippen LogP contribution in [-0.2, 0) is 6.42 Å². The Morgan fingerprint density at radius 2 is 2.07 bits per heavy atom. The monoisotopic (exact) mass is 382 g/mol. The molecule has 27 heavy (non-hydrogen) atoms. The molecule has 2 N–H and O–H groups in total. The number of hydrogen-bond donors (Lipinski definition) is 2. The highest BCUT2D eigenvalue weighted by Gasteiger charge is 2.12. The first-order valence-corrected chi connectivity index (χ1v) is 8.79. The van der Waals surface area contributed by atoms with Gasteiger partial charge in [0, 0.05) is 16.1 Å². The Morgan fingerprint density at radius 3 is 2.78 bits per heavy atom. The van der Waals surface area contributed by atoms with Gasteiger partial charge >= 0.3 is 0 Å². The molecular formula is C20H19ClN4O2. The highest BCUT2D eigenvalue weighted by Crippen LogP contribution is 2.23. The van der Waals surface area contributed by atoms with E-state index < -0.39 is 5.91 Å². The summed E-state index contributed by atoms with van der Waals surface area (Å²) in [7, 11) is 1.49. The van der Waals surface area contributed by atoms with Gasteiger partial charge in [-0.1, -0.05) is 42.8 Å². The molecule has 0 spiro atoms. The summed E-state index contributed by atoms with van der Waals surface area (Å²) in [5.74, 6) is 0.00931. The summed E-state index contributed by atoms with van der Waals surface area (Å²) < 4.78 is 5.18. The molecule has 0 unspecified atom stereocenters. The molecule has 0 atom stereocenters. The van der Waals surface area contributed by atoms with Crippen molar-refractivity contribution in [2.24, 2.45) is 5.10 Å². The number of nitrogens with one attached hydrogen (secondary N) is 2. The van der Waals surface area contributed by atoms with Gasteiger partial charge in [-0.2, -0.15) is 10.2 Å². The molecular weight excluding hydrogens is 364 g/mol. The molecule has 0 saturated carbocycles. The fourth-order valence-electron chi connectivity index (χ4n) is 2.61. The number of carbonyl (C=O) groups excluding carboxylic acids is 1. The Bertz CT molecular complexity index is 964. The van der Waals surface area contributed by atoms with Crippen molar-refractivity contribution in [1.82, 2.24) is 15.6 Å². The maximum Gasteiger partial charge on any atom is 0.275 e. The lowest BCUT2D eigenvalue weighted by Crippen LogP contribution is -2.18. The lowest BCUT2D eigenvalue weighted by molar-refractivity contribution is 0.0952. The maximum absolute atomic E-state index is 12.3. The van der Waals surface area contributed by atoms with Crippen LogP contribution in [0.1, 0.15) is 28.4 Å². The Morgan fingerprint density at radius 1 is 1.30 bits per heavy atom. The summed E-state index contributed by atoms with van der Waals surface area (Å²) in [5, 5.41) is 11.5. The van der Waals surface area contributed by atoms with E-state index in [9.17, 15) is 4.79 Å². The lowest BCUT2D eigenvalue weighted by Gasteiger charge is -2.07. The summed E-state index contributed by atoms with van der Waals surface area (Å²) in [4.78, 5) is 12.3. The first-order valence-electron chi connectivity index (χ1n) is 8.42. The molecule has 7 heteroatoms. The molecule has 3 rings (SSSR count). The molecule has 138 valence electrons. The number of hydrazone groups is 1. The van der Waals surface area contributed by atoms with E-state index in [0.717, 1.165) is 23.2 Å². The maximum atomic E-state index is 12.3. The van der Waals surface area contributed by atoms with Gasteiger partial charge in [0.25, 0.3) is 5.91 Å². The number of nitrogens with zero attached hydrogens (tertiary/aromatic N) is 2. The largest absolute Gasteiger partial charge is 0.496 e. The number of hydrogen-bond acceptors (Lipinski definition) is 4. The number of methoxy groups -OCH3 is 1. The average molecular weight is 383 g/mol. The molecule has 2 aromatic carbocycles. The van der Waals surface area contributed by atoms with Crippen molar-refractivity contribution in [3.8, 4) is 17.0 Å². The van der Waals surface area contributed by atoms with Crippen LogP contribution in [0.25, 0.3) is 11.3 Å². The Labute approximate surface area is 162 Å². The second kappa shape index (κ2) is 8.51. The van der Waals surface area contributed by atoms with Crippen molar-refractivity contribution >= 4 is 23.7 Å². The molecule has 1 aromatic heterocycles. The van der Waals surface area contributed by atoms with Crippen molar-refractivity contribution in [3.05, 3.63) is 70.4 Å². The van der Waals surface area contributed by atoms with E-state index in [0.29, 0.717) is 16.3 Å². The van der Waals surface area contributed by atoms with E-state index in [4.69, 9.17) is 16.3 Å². The summed E-state index contributed by atoms with van der Waals surface area (Å²) in [6, 6.07) is 13.0. The third-order valence-corrected chi connectivity index (χ3v) is 4.33. The number of halogens is 1. The smallest absolute Gasteiger partial charge is 0.275 e. The summed E-state index contributed by atoms with van der Waals surface area (Å²) in [6.45, 7) is 2.11. The SMILES string of the molecule is CCc1ccc(-c2[nH]ncc2/C=N/NC(=O)c2cc(Cl)ccc2OC)cc1. The van der Waals surface area contributed by atoms with Gasteiger partial charge < -0.3 is 4.74 Å². The normalized spacial score (nSPS) is 10.9. The van der Waals surface area contributed by atoms with Crippen LogP contribution >= 0.6 is 11.6 Å². The van der Waals surface area contributed by atoms with Crippen molar-refractivity contribution in [1.29, 1.82) is 0 Å². The zero-order valence-corrected chi connectivity index (χ0v) is 15.7. The number of ether oxygens (including phenoxy) is 1. The van der Waals surface area contributed by atoms with Gasteiger partial charge in [-0.15, -0.1) is 0 Å². The van der Waals surface area contributed by atoms with Crippen LogP contribution in [0.2, 0.25) is 5.02 Å². The zero-order valence-electron chi connectivity index (χ0n) is 15.0. The van der Waals surface area contributed by atoms with E-state index in [1.807, 2.05) is 12.1 Å². The molecule has 6 nitrogen and oxygen atoms in total. The number of benzene rings is 2. The molecule has 1 heterocycles. The quantitative estimate of drug-likeness (QED) is 0.498. The first kappa shape index (κ1) is 18.7. The topological polar surface area (TPSA) is 79.4 Å². The van der Waals surface area contributed by atoms with Gasteiger partial charge in [0.2, 0.25) is 0 Å². The standard InChI is InChI=1S/C20H19ClN4O2/c1-3-13-4-6-14(7-5-13)19-15(11-22-24-19)12-23-25-20(26)17-10-16(21)8-9-18(17)27-2/h4-12H,3H2,1-2H3,(H,22,24)(H,25,26)/b23-12+. The lowest BCUT2D eigenvalue weighted by atomic mass is 10.1. The fourth-order valence-corrected chi connectivity index (χ4v) is 2.78. The molecule has 0 fully saturated rings. The van der Waals surface area contributed by atoms with Crippen LogP contribution in [0, 0.1) is 0 Å². The average Bonchev–Trinajstić information content (AvgIpc) is 3.16. The van der Waals surface area contributed by atoms with Crippen LogP contribution in [0.3, 0.4) is 0 Å². The van der Waals surface area contributed by atoms with Crippen LogP contribution in [0.15, 0.2) is 53.8 Å². The molecule has 0 saturated heterocycles. The number of carbonyl (C=O) groups is 1. The van der Waals surface area contributed by atoms with Crippen molar-refractivity contribution in [2.45, 2.75) is 13.3 Å². The minimum Gasteiger partial charge on any atom is -0.496 e. The highest BCUT2D eigenvalue weighted by atomic mass is 35.5. The van der Waals surface area contributed by atoms with Crippen LogP contribution < -0.4 is 10.2 Å². The minimum atomic E-state index is -0.414. The predicted molar refractivity (Wildman–Crippen MR) is 106 cm³/mol. The van der Waals surface area contributed by atoms with Gasteiger partial charge in [0.05, 0.1) is 30.8 Å². The summed E-state index contributed by atoms with van der Waals surface area (Å²) in [6.07, 6.45) is 4.18. The van der Waals surface area contributed by atoms with Crippen LogP contribution in [-0.4, -0.2) is 29.4 Å². The number of amides is 1. The van der Waals surface area contributed by atoms with Crippen LogP contribution in [0.4, 0.5) is 0 Å². The molecule has 0 aliphatic heterocycles. The van der Waals surface area contributed by atoms with Gasteiger partial charge in [-0.05, 0) is 30.2 Å². The van der Waals surface area contributed by atoms with Crippen LogP contribution in [0.5, 0.6) is 5.75 Å². The van der Waals surface area contributed by atoms with E-state index in [1.165, 1.54) is 18.7 Å². The number of aromatic nitrogens is 2. The Kier molecular flexibility index (Phi) is 5.88. The van der Waals surface area contributed by atoms with E-state index in [1.54, 1.807) is 24.5 Å². The second-order valence-corrected chi connectivity index (χ2v) is 6.23. The Hall–Kier alpha value is -3.12. The van der Waals surface area contributed by atoms with E-state index in [-0.39, 0.29) is 0 Å². The zero-order chi connectivity index (χ0) is 19.2. The summed E-state index contributed by atoms with van der Waals surface area (Å²) >= 11 is 5.96. The molecule has 0 aliphatic carbocycles. The molecule has 0 bridgehead atoms. The highest BCUT2D eigenvalue weighted by molar-refractivity contribution is 6.31. The Balaban J connectivity index is 1.75. The van der Waals surface area contributed by atoms with Crippen molar-refractivity contribution in [3.63, 3.8) is 0 Å². The third kappa shape index (κ3) is 4.35. The predicted octanol–water partition coefficient (Wildman–Crippen LogP) is 4.07. The molecule has 1 amide bonds. The molecule has 3 aromatic rings. The number of aryl methyl sites for hydroxylation is 1. The van der Waals surface area contributed by atoms with Gasteiger partial charge in [-0.3, -0.25) is 9.89 Å². The fraction of sp³-hybridized carbons (Fsp3) is 0.150. The van der Waals surface area contributed by atoms with Crippen molar-refractivity contribution in [2.75, 3.05) is 7.11 Å². The molecule has 0 radical (unpaired) electrons. The van der Waals surface area contributed by atoms with Gasteiger partial charge in [0.1, 0.15) is 5.75 Å². The van der Waals surface area contributed by atoms with E-state index in [2.05, 4.69) is 39.8 Å². The third-order valence-electron chi connectivity index (χ3n) is 4.10. The van der Waals surface area contributed by atoms with E-state index >= 15 is 0 Å². The summed E-state index contributed by atoms with van der Waals surface area (Å²) in [5.41, 5.74) is 6.64. The molecule has 0 aliphatic rings. The number of aromatic amines is 1.